The van der Waals surface area contributed by atoms with Gasteiger partial charge in [-0.2, -0.15) is 0 Å². The maximum Gasteiger partial charge on any atom is 0.338 e. The Morgan fingerprint density at radius 1 is 1.09 bits per heavy atom. The second kappa shape index (κ2) is 12.4. The highest BCUT2D eigenvalue weighted by molar-refractivity contribution is 6.31. The molecule has 0 radical (unpaired) electrons. The van der Waals surface area contributed by atoms with Crippen molar-refractivity contribution >= 4 is 46.7 Å². The predicted molar refractivity (Wildman–Crippen MR) is 132 cm³/mol. The van der Waals surface area contributed by atoms with E-state index >= 15 is 0 Å². The quantitative estimate of drug-likeness (QED) is 0.380. The van der Waals surface area contributed by atoms with Crippen molar-refractivity contribution in [3.63, 3.8) is 0 Å². The monoisotopic (exact) mass is 500 g/mol. The largest absolute Gasteiger partial charge is 0.462 e. The highest BCUT2D eigenvalue weighted by Crippen LogP contribution is 2.27. The Kier molecular flexibility index (Phi) is 9.25. The van der Waals surface area contributed by atoms with E-state index in [9.17, 15) is 19.2 Å². The van der Waals surface area contributed by atoms with Crippen LogP contribution in [0, 0.1) is 12.8 Å². The summed E-state index contributed by atoms with van der Waals surface area (Å²) >= 11 is 6.05. The number of hydrogen-bond donors (Lipinski definition) is 1. The van der Waals surface area contributed by atoms with E-state index in [1.54, 1.807) is 49.4 Å². The smallest absolute Gasteiger partial charge is 0.338 e. The molecule has 0 spiro atoms. The number of carbonyl (C=O) groups is 4. The fourth-order valence-corrected chi connectivity index (χ4v) is 3.85. The van der Waals surface area contributed by atoms with E-state index in [0.717, 1.165) is 19.3 Å². The molecular weight excluding hydrogens is 472 g/mol. The van der Waals surface area contributed by atoms with Crippen molar-refractivity contribution in [3.8, 4) is 0 Å². The van der Waals surface area contributed by atoms with Crippen LogP contribution >= 0.6 is 11.6 Å². The minimum absolute atomic E-state index is 0.0188. The van der Waals surface area contributed by atoms with Crippen LogP contribution in [-0.4, -0.2) is 43.5 Å². The molecule has 1 saturated heterocycles. The Morgan fingerprint density at radius 2 is 1.83 bits per heavy atom. The molecule has 2 amide bonds. The predicted octanol–water partition coefficient (Wildman–Crippen LogP) is 4.53. The topological polar surface area (TPSA) is 102 Å². The van der Waals surface area contributed by atoms with Gasteiger partial charge in [0.05, 0.1) is 18.1 Å². The van der Waals surface area contributed by atoms with E-state index in [2.05, 4.69) is 12.2 Å². The molecule has 0 aliphatic carbocycles. The lowest BCUT2D eigenvalue weighted by Gasteiger charge is -2.17. The van der Waals surface area contributed by atoms with E-state index in [-0.39, 0.29) is 18.9 Å². The summed E-state index contributed by atoms with van der Waals surface area (Å²) in [5.41, 5.74) is 2.21. The summed E-state index contributed by atoms with van der Waals surface area (Å²) < 4.78 is 10.4. The van der Waals surface area contributed by atoms with Gasteiger partial charge in [-0.25, -0.2) is 4.79 Å². The summed E-state index contributed by atoms with van der Waals surface area (Å²) in [6, 6.07) is 11.6. The Morgan fingerprint density at radius 3 is 2.54 bits per heavy atom. The van der Waals surface area contributed by atoms with E-state index in [1.165, 1.54) is 4.90 Å². The van der Waals surface area contributed by atoms with Crippen molar-refractivity contribution < 1.29 is 28.7 Å². The first-order valence-corrected chi connectivity index (χ1v) is 12.0. The normalized spacial score (nSPS) is 15.1. The number of hydrogen-bond acceptors (Lipinski definition) is 6. The van der Waals surface area contributed by atoms with Crippen LogP contribution in [0.3, 0.4) is 0 Å². The first-order valence-electron chi connectivity index (χ1n) is 11.6. The summed E-state index contributed by atoms with van der Waals surface area (Å²) in [7, 11) is 0. The number of ether oxygens (including phenoxy) is 2. The lowest BCUT2D eigenvalue weighted by Crippen LogP contribution is -2.28. The zero-order valence-corrected chi connectivity index (χ0v) is 20.6. The third-order valence-electron chi connectivity index (χ3n) is 5.74. The standard InChI is InChI=1S/C26H29ClN2O6/c1-3-4-5-13-34-25(32)18-9-11-20(12-10-18)29-15-19(14-24(29)31)26(33)35-16-23(30)28-22-8-6-7-21(27)17(22)2/h6-12,19H,3-5,13-16H2,1-2H3,(H,28,30)/t19-/m1/s1. The number of carbonyl (C=O) groups excluding carboxylic acids is 4. The molecule has 1 atom stereocenters. The maximum atomic E-state index is 12.5. The van der Waals surface area contributed by atoms with Gasteiger partial charge in [0, 0.05) is 29.4 Å². The first kappa shape index (κ1) is 26.2. The fourth-order valence-electron chi connectivity index (χ4n) is 3.68. The minimum Gasteiger partial charge on any atom is -0.462 e. The zero-order chi connectivity index (χ0) is 25.4. The lowest BCUT2D eigenvalue weighted by atomic mass is 10.1. The van der Waals surface area contributed by atoms with Gasteiger partial charge in [-0.3, -0.25) is 14.4 Å². The molecule has 35 heavy (non-hydrogen) atoms. The fraction of sp³-hybridized carbons (Fsp3) is 0.385. The summed E-state index contributed by atoms with van der Waals surface area (Å²) in [6.07, 6.45) is 2.84. The molecular formula is C26H29ClN2O6. The number of benzene rings is 2. The molecule has 0 saturated carbocycles. The Bertz CT molecular complexity index is 1090. The van der Waals surface area contributed by atoms with Crippen LogP contribution in [0.1, 0.15) is 48.5 Å². The number of amides is 2. The van der Waals surface area contributed by atoms with Crippen LogP contribution < -0.4 is 10.2 Å². The van der Waals surface area contributed by atoms with E-state index in [4.69, 9.17) is 21.1 Å². The van der Waals surface area contributed by atoms with Crippen molar-refractivity contribution in [1.29, 1.82) is 0 Å². The molecule has 1 heterocycles. The van der Waals surface area contributed by atoms with E-state index < -0.39 is 30.4 Å². The van der Waals surface area contributed by atoms with Gasteiger partial charge in [-0.1, -0.05) is 37.4 Å². The second-order valence-corrected chi connectivity index (χ2v) is 8.77. The van der Waals surface area contributed by atoms with E-state index in [0.29, 0.717) is 34.1 Å². The molecule has 1 aliphatic heterocycles. The molecule has 9 heteroatoms. The molecule has 0 bridgehead atoms. The van der Waals surface area contributed by atoms with Crippen molar-refractivity contribution in [3.05, 3.63) is 58.6 Å². The van der Waals surface area contributed by atoms with Crippen LogP contribution in [0.25, 0.3) is 0 Å². The third kappa shape index (κ3) is 7.05. The SMILES string of the molecule is CCCCCOC(=O)c1ccc(N2C[C@H](C(=O)OCC(=O)Nc3cccc(Cl)c3C)CC2=O)cc1. The summed E-state index contributed by atoms with van der Waals surface area (Å²) in [6.45, 7) is 3.88. The van der Waals surface area contributed by atoms with Crippen LogP contribution in [0.4, 0.5) is 11.4 Å². The van der Waals surface area contributed by atoms with Gasteiger partial charge in [0.25, 0.3) is 5.91 Å². The number of anilines is 2. The van der Waals surface area contributed by atoms with Gasteiger partial charge in [0.2, 0.25) is 5.91 Å². The molecule has 2 aromatic rings. The van der Waals surface area contributed by atoms with Crippen molar-refractivity contribution in [2.24, 2.45) is 5.92 Å². The Labute approximate surface area is 209 Å². The maximum absolute atomic E-state index is 12.5. The minimum atomic E-state index is -0.689. The van der Waals surface area contributed by atoms with Crippen LogP contribution in [-0.2, 0) is 23.9 Å². The van der Waals surface area contributed by atoms with Crippen LogP contribution in [0.5, 0.6) is 0 Å². The van der Waals surface area contributed by atoms with Crippen molar-refractivity contribution in [2.75, 3.05) is 30.0 Å². The molecule has 1 aliphatic rings. The molecule has 186 valence electrons. The van der Waals surface area contributed by atoms with Gasteiger partial charge >= 0.3 is 11.9 Å². The van der Waals surface area contributed by atoms with Gasteiger partial charge < -0.3 is 19.7 Å². The summed E-state index contributed by atoms with van der Waals surface area (Å²) in [5.74, 6) is -2.45. The molecule has 1 N–H and O–H groups in total. The zero-order valence-electron chi connectivity index (χ0n) is 19.8. The average molecular weight is 501 g/mol. The van der Waals surface area contributed by atoms with Gasteiger partial charge in [-0.05, 0) is 55.3 Å². The summed E-state index contributed by atoms with van der Waals surface area (Å²) in [5, 5.41) is 3.17. The van der Waals surface area contributed by atoms with Crippen LogP contribution in [0.2, 0.25) is 5.02 Å². The summed E-state index contributed by atoms with van der Waals surface area (Å²) in [4.78, 5) is 50.7. The number of unbranched alkanes of at least 4 members (excludes halogenated alkanes) is 2. The van der Waals surface area contributed by atoms with Crippen molar-refractivity contribution in [2.45, 2.75) is 39.5 Å². The van der Waals surface area contributed by atoms with Crippen molar-refractivity contribution in [1.82, 2.24) is 0 Å². The number of rotatable bonds is 10. The average Bonchev–Trinajstić information content (AvgIpc) is 3.25. The molecule has 2 aromatic carbocycles. The number of nitrogens with zero attached hydrogens (tertiary/aromatic N) is 1. The van der Waals surface area contributed by atoms with Gasteiger partial charge in [0.1, 0.15) is 0 Å². The molecule has 0 unspecified atom stereocenters. The second-order valence-electron chi connectivity index (χ2n) is 8.36. The number of esters is 2. The van der Waals surface area contributed by atoms with Crippen LogP contribution in [0.15, 0.2) is 42.5 Å². The number of nitrogens with one attached hydrogen (secondary N) is 1. The third-order valence-corrected chi connectivity index (χ3v) is 6.15. The highest BCUT2D eigenvalue weighted by Gasteiger charge is 2.36. The molecule has 1 fully saturated rings. The van der Waals surface area contributed by atoms with Gasteiger partial charge in [-0.15, -0.1) is 0 Å². The number of halogens is 1. The molecule has 0 aromatic heterocycles. The Hall–Kier alpha value is -3.39. The van der Waals surface area contributed by atoms with E-state index in [1.807, 2.05) is 0 Å². The molecule has 8 nitrogen and oxygen atoms in total. The van der Waals surface area contributed by atoms with Gasteiger partial charge in [0.15, 0.2) is 6.61 Å². The lowest BCUT2D eigenvalue weighted by molar-refractivity contribution is -0.151. The first-order chi connectivity index (χ1) is 16.8. The molecule has 3 rings (SSSR count). The highest BCUT2D eigenvalue weighted by atomic mass is 35.5. The Balaban J connectivity index is 1.50.